The first-order valence-corrected chi connectivity index (χ1v) is 5.16. The van der Waals surface area contributed by atoms with E-state index in [9.17, 15) is 14.4 Å². The SMILES string of the molecule is CCOC(=O)CCc1c(C(=O)O)n[nH]c1C(=O)O. The molecule has 8 heteroatoms. The molecule has 0 spiro atoms. The Labute approximate surface area is 102 Å². The highest BCUT2D eigenvalue weighted by Gasteiger charge is 2.23. The third-order valence-corrected chi connectivity index (χ3v) is 2.17. The molecule has 0 amide bonds. The molecule has 1 aromatic heterocycles. The monoisotopic (exact) mass is 256 g/mol. The van der Waals surface area contributed by atoms with E-state index < -0.39 is 23.6 Å². The number of aromatic amines is 1. The fraction of sp³-hybridized carbons (Fsp3) is 0.400. The van der Waals surface area contributed by atoms with Gasteiger partial charge in [0.05, 0.1) is 6.61 Å². The number of ether oxygens (including phenoxy) is 1. The molecule has 0 aliphatic rings. The average Bonchev–Trinajstić information content (AvgIpc) is 2.70. The smallest absolute Gasteiger partial charge is 0.356 e. The number of carbonyl (C=O) groups is 3. The number of carboxylic acid groups (broad SMARTS) is 2. The summed E-state index contributed by atoms with van der Waals surface area (Å²) in [5, 5.41) is 23.2. The molecule has 8 nitrogen and oxygen atoms in total. The first kappa shape index (κ1) is 13.7. The second-order valence-electron chi connectivity index (χ2n) is 3.34. The molecule has 1 rings (SSSR count). The zero-order chi connectivity index (χ0) is 13.7. The number of H-pyrrole nitrogens is 1. The van der Waals surface area contributed by atoms with Crippen molar-refractivity contribution < 1.29 is 29.3 Å². The van der Waals surface area contributed by atoms with E-state index in [0.717, 1.165) is 0 Å². The molecule has 0 unspecified atom stereocenters. The number of hydrogen-bond donors (Lipinski definition) is 3. The van der Waals surface area contributed by atoms with Gasteiger partial charge in [-0.1, -0.05) is 0 Å². The maximum Gasteiger partial charge on any atom is 0.356 e. The van der Waals surface area contributed by atoms with Crippen molar-refractivity contribution in [2.24, 2.45) is 0 Å². The van der Waals surface area contributed by atoms with Crippen LogP contribution in [0.4, 0.5) is 0 Å². The second-order valence-corrected chi connectivity index (χ2v) is 3.34. The zero-order valence-electron chi connectivity index (χ0n) is 9.60. The number of nitrogens with one attached hydrogen (secondary N) is 1. The van der Waals surface area contributed by atoms with Gasteiger partial charge >= 0.3 is 17.9 Å². The third kappa shape index (κ3) is 3.06. The van der Waals surface area contributed by atoms with Crippen LogP contribution in [-0.2, 0) is 16.0 Å². The van der Waals surface area contributed by atoms with Crippen molar-refractivity contribution in [3.05, 3.63) is 17.0 Å². The van der Waals surface area contributed by atoms with E-state index in [4.69, 9.17) is 10.2 Å². The van der Waals surface area contributed by atoms with Crippen LogP contribution < -0.4 is 0 Å². The minimum atomic E-state index is -1.35. The summed E-state index contributed by atoms with van der Waals surface area (Å²) in [5.74, 6) is -3.20. The van der Waals surface area contributed by atoms with E-state index >= 15 is 0 Å². The summed E-state index contributed by atoms with van der Waals surface area (Å²) < 4.78 is 4.68. The van der Waals surface area contributed by atoms with Gasteiger partial charge in [-0.3, -0.25) is 9.89 Å². The van der Waals surface area contributed by atoms with Gasteiger partial charge in [-0.15, -0.1) is 0 Å². The lowest BCUT2D eigenvalue weighted by Crippen LogP contribution is -2.10. The van der Waals surface area contributed by atoms with Crippen molar-refractivity contribution in [1.29, 1.82) is 0 Å². The Balaban J connectivity index is 2.90. The number of rotatable bonds is 6. The molecular weight excluding hydrogens is 244 g/mol. The summed E-state index contributed by atoms with van der Waals surface area (Å²) in [7, 11) is 0. The van der Waals surface area contributed by atoms with Crippen molar-refractivity contribution in [2.45, 2.75) is 19.8 Å². The van der Waals surface area contributed by atoms with Crippen molar-refractivity contribution >= 4 is 17.9 Å². The molecule has 18 heavy (non-hydrogen) atoms. The van der Waals surface area contributed by atoms with E-state index in [-0.39, 0.29) is 30.7 Å². The average molecular weight is 256 g/mol. The first-order valence-electron chi connectivity index (χ1n) is 5.16. The quantitative estimate of drug-likeness (QED) is 0.624. The summed E-state index contributed by atoms with van der Waals surface area (Å²) in [6.45, 7) is 1.85. The van der Waals surface area contributed by atoms with Gasteiger partial charge in [0.2, 0.25) is 0 Å². The Hall–Kier alpha value is -2.38. The predicted molar refractivity (Wildman–Crippen MR) is 57.5 cm³/mol. The van der Waals surface area contributed by atoms with Crippen molar-refractivity contribution in [3.63, 3.8) is 0 Å². The fourth-order valence-corrected chi connectivity index (χ4v) is 1.42. The van der Waals surface area contributed by atoms with Crippen LogP contribution in [0.25, 0.3) is 0 Å². The number of carbonyl (C=O) groups excluding carboxylic acids is 1. The van der Waals surface area contributed by atoms with E-state index in [1.165, 1.54) is 0 Å². The van der Waals surface area contributed by atoms with Gasteiger partial charge < -0.3 is 14.9 Å². The minimum Gasteiger partial charge on any atom is -0.477 e. The maximum absolute atomic E-state index is 11.2. The molecule has 3 N–H and O–H groups in total. The van der Waals surface area contributed by atoms with Crippen molar-refractivity contribution in [2.75, 3.05) is 6.61 Å². The van der Waals surface area contributed by atoms with Crippen LogP contribution in [0.1, 0.15) is 39.9 Å². The second kappa shape index (κ2) is 5.80. The predicted octanol–water partition coefficient (Wildman–Crippen LogP) is 0.302. The Bertz CT molecular complexity index is 447. The van der Waals surface area contributed by atoms with Gasteiger partial charge in [-0.2, -0.15) is 5.10 Å². The Morgan fingerprint density at radius 3 is 2.44 bits per heavy atom. The van der Waals surface area contributed by atoms with Crippen LogP contribution in [0.2, 0.25) is 0 Å². The fourth-order valence-electron chi connectivity index (χ4n) is 1.42. The maximum atomic E-state index is 11.2. The van der Waals surface area contributed by atoms with E-state index in [0.29, 0.717) is 0 Å². The molecule has 0 saturated heterocycles. The molecule has 98 valence electrons. The Morgan fingerprint density at radius 1 is 1.28 bits per heavy atom. The van der Waals surface area contributed by atoms with Gasteiger partial charge in [0.25, 0.3) is 0 Å². The molecule has 0 saturated carbocycles. The summed E-state index contributed by atoms with van der Waals surface area (Å²) in [5.41, 5.74) is -0.726. The summed E-state index contributed by atoms with van der Waals surface area (Å²) in [6, 6.07) is 0. The highest BCUT2D eigenvalue weighted by Crippen LogP contribution is 2.14. The lowest BCUT2D eigenvalue weighted by atomic mass is 10.1. The molecule has 0 aliphatic carbocycles. The normalized spacial score (nSPS) is 10.1. The summed E-state index contributed by atoms with van der Waals surface area (Å²) in [6.07, 6.45) is -0.160. The van der Waals surface area contributed by atoms with Gasteiger partial charge in [-0.05, 0) is 13.3 Å². The molecule has 0 aromatic carbocycles. The Kier molecular flexibility index (Phi) is 4.41. The highest BCUT2D eigenvalue weighted by atomic mass is 16.5. The number of carboxylic acids is 2. The van der Waals surface area contributed by atoms with Gasteiger partial charge in [-0.25, -0.2) is 9.59 Å². The van der Waals surface area contributed by atoms with Gasteiger partial charge in [0.1, 0.15) is 5.69 Å². The number of aromatic carboxylic acids is 2. The van der Waals surface area contributed by atoms with Crippen molar-refractivity contribution in [3.8, 4) is 0 Å². The number of nitrogens with zero attached hydrogens (tertiary/aromatic N) is 1. The molecule has 0 atom stereocenters. The number of hydrogen-bond acceptors (Lipinski definition) is 5. The van der Waals surface area contributed by atoms with Crippen LogP contribution in [0.15, 0.2) is 0 Å². The molecule has 1 aromatic rings. The molecule has 0 radical (unpaired) electrons. The van der Waals surface area contributed by atoms with E-state index in [1.807, 2.05) is 0 Å². The van der Waals surface area contributed by atoms with Crippen LogP contribution in [0.3, 0.4) is 0 Å². The molecule has 0 aliphatic heterocycles. The standard InChI is InChI=1S/C10H12N2O6/c1-2-18-6(13)4-3-5-7(9(14)15)11-12-8(5)10(16)17/h2-4H2,1H3,(H,11,12)(H,14,15)(H,16,17). The molecule has 0 bridgehead atoms. The summed E-state index contributed by atoms with van der Waals surface area (Å²) >= 11 is 0. The van der Waals surface area contributed by atoms with E-state index in [2.05, 4.69) is 14.9 Å². The van der Waals surface area contributed by atoms with Crippen LogP contribution in [0.5, 0.6) is 0 Å². The lowest BCUT2D eigenvalue weighted by molar-refractivity contribution is -0.143. The highest BCUT2D eigenvalue weighted by molar-refractivity contribution is 5.94. The van der Waals surface area contributed by atoms with Crippen molar-refractivity contribution in [1.82, 2.24) is 10.2 Å². The lowest BCUT2D eigenvalue weighted by Gasteiger charge is -2.02. The van der Waals surface area contributed by atoms with Gasteiger partial charge in [0.15, 0.2) is 5.69 Å². The van der Waals surface area contributed by atoms with E-state index in [1.54, 1.807) is 6.92 Å². The summed E-state index contributed by atoms with van der Waals surface area (Å²) in [4.78, 5) is 32.8. The minimum absolute atomic E-state index is 0.0111. The van der Waals surface area contributed by atoms with Crippen LogP contribution >= 0.6 is 0 Å². The molecule has 0 fully saturated rings. The third-order valence-electron chi connectivity index (χ3n) is 2.17. The molecular formula is C10H12N2O6. The number of esters is 1. The zero-order valence-corrected chi connectivity index (χ0v) is 9.60. The first-order chi connectivity index (χ1) is 8.47. The van der Waals surface area contributed by atoms with Gasteiger partial charge in [0, 0.05) is 12.0 Å². The Morgan fingerprint density at radius 2 is 1.94 bits per heavy atom. The topological polar surface area (TPSA) is 130 Å². The largest absolute Gasteiger partial charge is 0.477 e. The number of aromatic nitrogens is 2. The van der Waals surface area contributed by atoms with Crippen LogP contribution in [-0.4, -0.2) is 44.9 Å². The molecule has 1 heterocycles. The van der Waals surface area contributed by atoms with Crippen LogP contribution in [0, 0.1) is 0 Å².